The van der Waals surface area contributed by atoms with Crippen LogP contribution in [0.3, 0.4) is 0 Å². The van der Waals surface area contributed by atoms with E-state index < -0.39 is 0 Å². The molecule has 0 aliphatic carbocycles. The summed E-state index contributed by atoms with van der Waals surface area (Å²) in [5, 5.41) is 12.5. The second-order valence-corrected chi connectivity index (χ2v) is 5.05. The molecule has 0 spiro atoms. The molecule has 2 heteroatoms. The van der Waals surface area contributed by atoms with Crippen molar-refractivity contribution < 1.29 is 0 Å². The summed E-state index contributed by atoms with van der Waals surface area (Å²) in [6.45, 7) is 6.12. The molecule has 16 heavy (non-hydrogen) atoms. The Hall–Kier alpha value is -1.33. The van der Waals surface area contributed by atoms with Crippen molar-refractivity contribution >= 4 is 0 Å². The molecule has 1 aromatic carbocycles. The molecule has 0 saturated carbocycles. The maximum Gasteiger partial charge on any atom is 0.0766 e. The summed E-state index contributed by atoms with van der Waals surface area (Å²) in [7, 11) is 0. The SMILES string of the molecule is CC(C)(C#N)c1cccc(C2CCNC2)c1. The van der Waals surface area contributed by atoms with Crippen LogP contribution >= 0.6 is 0 Å². The van der Waals surface area contributed by atoms with Gasteiger partial charge in [0.25, 0.3) is 0 Å². The van der Waals surface area contributed by atoms with Crippen LogP contribution in [-0.2, 0) is 5.41 Å². The molecule has 0 radical (unpaired) electrons. The Kier molecular flexibility index (Phi) is 2.98. The highest BCUT2D eigenvalue weighted by molar-refractivity contribution is 5.35. The van der Waals surface area contributed by atoms with Crippen LogP contribution in [0, 0.1) is 11.3 Å². The molecule has 0 aromatic heterocycles. The Morgan fingerprint density at radius 3 is 2.88 bits per heavy atom. The van der Waals surface area contributed by atoms with Crippen molar-refractivity contribution in [3.05, 3.63) is 35.4 Å². The van der Waals surface area contributed by atoms with Crippen molar-refractivity contribution in [1.82, 2.24) is 5.32 Å². The predicted octanol–water partition coefficient (Wildman–Crippen LogP) is 2.56. The van der Waals surface area contributed by atoms with Gasteiger partial charge in [0.1, 0.15) is 0 Å². The van der Waals surface area contributed by atoms with E-state index in [-0.39, 0.29) is 5.41 Å². The van der Waals surface area contributed by atoms with E-state index in [0.29, 0.717) is 5.92 Å². The molecule has 1 unspecified atom stereocenters. The maximum absolute atomic E-state index is 9.14. The first-order valence-corrected chi connectivity index (χ1v) is 5.86. The summed E-state index contributed by atoms with van der Waals surface area (Å²) >= 11 is 0. The van der Waals surface area contributed by atoms with E-state index in [1.54, 1.807) is 0 Å². The van der Waals surface area contributed by atoms with E-state index in [4.69, 9.17) is 5.26 Å². The van der Waals surface area contributed by atoms with Gasteiger partial charge < -0.3 is 5.32 Å². The average Bonchev–Trinajstić information content (AvgIpc) is 2.83. The lowest BCUT2D eigenvalue weighted by Gasteiger charge is -2.18. The lowest BCUT2D eigenvalue weighted by molar-refractivity contribution is 0.680. The van der Waals surface area contributed by atoms with E-state index in [0.717, 1.165) is 18.7 Å². The molecular weight excluding hydrogens is 196 g/mol. The van der Waals surface area contributed by atoms with Crippen LogP contribution in [0.2, 0.25) is 0 Å². The zero-order valence-electron chi connectivity index (χ0n) is 9.96. The molecule has 2 nitrogen and oxygen atoms in total. The highest BCUT2D eigenvalue weighted by atomic mass is 14.9. The second-order valence-electron chi connectivity index (χ2n) is 5.05. The minimum Gasteiger partial charge on any atom is -0.316 e. The van der Waals surface area contributed by atoms with Crippen LogP contribution in [0.1, 0.15) is 37.3 Å². The van der Waals surface area contributed by atoms with Gasteiger partial charge in [0, 0.05) is 6.54 Å². The van der Waals surface area contributed by atoms with Gasteiger partial charge >= 0.3 is 0 Å². The molecule has 1 heterocycles. The maximum atomic E-state index is 9.14. The van der Waals surface area contributed by atoms with Crippen LogP contribution in [0.15, 0.2) is 24.3 Å². The zero-order chi connectivity index (χ0) is 11.6. The molecule has 84 valence electrons. The summed E-state index contributed by atoms with van der Waals surface area (Å²) in [6.07, 6.45) is 1.20. The Bertz CT molecular complexity index is 409. The summed E-state index contributed by atoms with van der Waals surface area (Å²) in [4.78, 5) is 0. The normalized spacial score (nSPS) is 20.7. The summed E-state index contributed by atoms with van der Waals surface area (Å²) in [5.74, 6) is 0.620. The van der Waals surface area contributed by atoms with Crippen LogP contribution in [0.25, 0.3) is 0 Å². The number of benzene rings is 1. The van der Waals surface area contributed by atoms with E-state index in [2.05, 4.69) is 35.7 Å². The molecule has 1 aromatic rings. The lowest BCUT2D eigenvalue weighted by Crippen LogP contribution is -2.15. The standard InChI is InChI=1S/C14H18N2/c1-14(2,10-15)13-5-3-4-11(8-13)12-6-7-16-9-12/h3-5,8,12,16H,6-7,9H2,1-2H3. The van der Waals surface area contributed by atoms with Crippen molar-refractivity contribution in [2.45, 2.75) is 31.6 Å². The first-order chi connectivity index (χ1) is 7.63. The van der Waals surface area contributed by atoms with Crippen LogP contribution in [0.5, 0.6) is 0 Å². The topological polar surface area (TPSA) is 35.8 Å². The van der Waals surface area contributed by atoms with Crippen molar-refractivity contribution in [1.29, 1.82) is 5.26 Å². The lowest BCUT2D eigenvalue weighted by atomic mass is 9.84. The van der Waals surface area contributed by atoms with Gasteiger partial charge in [-0.25, -0.2) is 0 Å². The van der Waals surface area contributed by atoms with E-state index >= 15 is 0 Å². The highest BCUT2D eigenvalue weighted by Gasteiger charge is 2.22. The third-order valence-corrected chi connectivity index (χ3v) is 3.42. The van der Waals surface area contributed by atoms with Gasteiger partial charge in [0.15, 0.2) is 0 Å². The molecule has 0 bridgehead atoms. The van der Waals surface area contributed by atoms with Crippen LogP contribution < -0.4 is 5.32 Å². The fourth-order valence-electron chi connectivity index (χ4n) is 2.19. The number of nitrogens with one attached hydrogen (secondary N) is 1. The third kappa shape index (κ3) is 2.10. The van der Waals surface area contributed by atoms with E-state index in [9.17, 15) is 0 Å². The molecule has 0 amide bonds. The molecule has 2 rings (SSSR count). The predicted molar refractivity (Wildman–Crippen MR) is 65.3 cm³/mol. The number of hydrogen-bond donors (Lipinski definition) is 1. The number of nitriles is 1. The number of nitrogens with zero attached hydrogens (tertiary/aromatic N) is 1. The number of rotatable bonds is 2. The Labute approximate surface area is 97.3 Å². The largest absolute Gasteiger partial charge is 0.316 e. The first kappa shape index (κ1) is 11.2. The Morgan fingerprint density at radius 1 is 1.44 bits per heavy atom. The molecule has 1 aliphatic heterocycles. The third-order valence-electron chi connectivity index (χ3n) is 3.42. The van der Waals surface area contributed by atoms with Crippen molar-refractivity contribution in [2.75, 3.05) is 13.1 Å². The summed E-state index contributed by atoms with van der Waals surface area (Å²) in [6, 6.07) is 10.9. The monoisotopic (exact) mass is 214 g/mol. The quantitative estimate of drug-likeness (QED) is 0.821. The molecule has 1 saturated heterocycles. The zero-order valence-corrected chi connectivity index (χ0v) is 9.96. The summed E-state index contributed by atoms with van der Waals surface area (Å²) < 4.78 is 0. The fourth-order valence-corrected chi connectivity index (χ4v) is 2.19. The van der Waals surface area contributed by atoms with Gasteiger partial charge in [-0.3, -0.25) is 0 Å². The van der Waals surface area contributed by atoms with Gasteiger partial charge in [0.2, 0.25) is 0 Å². The minimum absolute atomic E-state index is 0.387. The molecule has 1 fully saturated rings. The Balaban J connectivity index is 2.30. The average molecular weight is 214 g/mol. The van der Waals surface area contributed by atoms with Crippen molar-refractivity contribution in [3.8, 4) is 6.07 Å². The van der Waals surface area contributed by atoms with Gasteiger partial charge in [0.05, 0.1) is 11.5 Å². The van der Waals surface area contributed by atoms with Gasteiger partial charge in [-0.15, -0.1) is 0 Å². The van der Waals surface area contributed by atoms with E-state index in [1.165, 1.54) is 12.0 Å². The van der Waals surface area contributed by atoms with Crippen molar-refractivity contribution in [3.63, 3.8) is 0 Å². The molecular formula is C14H18N2. The fraction of sp³-hybridized carbons (Fsp3) is 0.500. The van der Waals surface area contributed by atoms with Gasteiger partial charge in [-0.1, -0.05) is 24.3 Å². The van der Waals surface area contributed by atoms with E-state index in [1.807, 2.05) is 13.8 Å². The second kappa shape index (κ2) is 4.27. The van der Waals surface area contributed by atoms with Crippen LogP contribution in [-0.4, -0.2) is 13.1 Å². The Morgan fingerprint density at radius 2 is 2.25 bits per heavy atom. The molecule has 1 aliphatic rings. The van der Waals surface area contributed by atoms with Crippen molar-refractivity contribution in [2.24, 2.45) is 0 Å². The van der Waals surface area contributed by atoms with Gasteiger partial charge in [-0.05, 0) is 43.9 Å². The van der Waals surface area contributed by atoms with Gasteiger partial charge in [-0.2, -0.15) is 5.26 Å². The summed E-state index contributed by atoms with van der Waals surface area (Å²) in [5.41, 5.74) is 2.10. The highest BCUT2D eigenvalue weighted by Crippen LogP contribution is 2.28. The smallest absolute Gasteiger partial charge is 0.0766 e. The minimum atomic E-state index is -0.387. The first-order valence-electron chi connectivity index (χ1n) is 5.86. The molecule has 1 N–H and O–H groups in total. The molecule has 1 atom stereocenters. The number of hydrogen-bond acceptors (Lipinski definition) is 2. The van der Waals surface area contributed by atoms with Crippen LogP contribution in [0.4, 0.5) is 0 Å².